The molecule has 0 bridgehead atoms. The van der Waals surface area contributed by atoms with Gasteiger partial charge >= 0.3 is 18.2 Å². The number of amides is 2. The molecule has 8 heteroatoms. The molecule has 0 aliphatic carbocycles. The maximum absolute atomic E-state index is 12.3. The predicted molar refractivity (Wildman–Crippen MR) is 60.6 cm³/mol. The van der Waals surface area contributed by atoms with Gasteiger partial charge in [-0.05, 0) is 19.8 Å². The second-order valence-electron chi connectivity index (χ2n) is 4.54. The number of carboxylic acid groups (broad SMARTS) is 1. The summed E-state index contributed by atoms with van der Waals surface area (Å²) in [4.78, 5) is 24.7. The van der Waals surface area contributed by atoms with Crippen LogP contribution in [0.15, 0.2) is 0 Å². The summed E-state index contributed by atoms with van der Waals surface area (Å²) in [6, 6.07) is -0.745. The first kappa shape index (κ1) is 15.6. The Hall–Kier alpha value is -1.47. The number of nitrogens with zero attached hydrogens (tertiary/aromatic N) is 2. The number of alkyl halides is 3. The SMILES string of the molecule is CCN(CC(F)(F)F)C(=O)N1CCCC(C(=O)O)C1. The van der Waals surface area contributed by atoms with E-state index in [1.54, 1.807) is 0 Å². The van der Waals surface area contributed by atoms with Crippen LogP contribution >= 0.6 is 0 Å². The molecular formula is C11H17F3N2O3. The molecule has 1 aliphatic rings. The Bertz CT molecular complexity index is 347. The number of hydrogen-bond donors (Lipinski definition) is 1. The van der Waals surface area contributed by atoms with Gasteiger partial charge in [-0.25, -0.2) is 4.79 Å². The van der Waals surface area contributed by atoms with Crippen LogP contribution in [0.25, 0.3) is 0 Å². The molecule has 1 heterocycles. The van der Waals surface area contributed by atoms with E-state index >= 15 is 0 Å². The van der Waals surface area contributed by atoms with Gasteiger partial charge in [0.1, 0.15) is 6.54 Å². The van der Waals surface area contributed by atoms with Crippen LogP contribution in [0.5, 0.6) is 0 Å². The molecule has 0 aromatic heterocycles. The summed E-state index contributed by atoms with van der Waals surface area (Å²) in [5, 5.41) is 8.89. The highest BCUT2D eigenvalue weighted by atomic mass is 19.4. The van der Waals surface area contributed by atoms with E-state index in [2.05, 4.69) is 0 Å². The molecule has 1 fully saturated rings. The Kier molecular flexibility index (Phi) is 5.02. The number of hydrogen-bond acceptors (Lipinski definition) is 2. The molecule has 19 heavy (non-hydrogen) atoms. The summed E-state index contributed by atoms with van der Waals surface area (Å²) in [6.45, 7) is 0.366. The van der Waals surface area contributed by atoms with Crippen LogP contribution in [0.2, 0.25) is 0 Å². The van der Waals surface area contributed by atoms with E-state index in [-0.39, 0.29) is 13.1 Å². The number of rotatable bonds is 3. The Balaban J connectivity index is 2.66. The summed E-state index contributed by atoms with van der Waals surface area (Å²) in [7, 11) is 0. The van der Waals surface area contributed by atoms with E-state index in [1.165, 1.54) is 11.8 Å². The second-order valence-corrected chi connectivity index (χ2v) is 4.54. The first-order valence-corrected chi connectivity index (χ1v) is 6.08. The fourth-order valence-electron chi connectivity index (χ4n) is 2.08. The molecule has 1 saturated heterocycles. The van der Waals surface area contributed by atoms with Crippen molar-refractivity contribution in [1.29, 1.82) is 0 Å². The summed E-state index contributed by atoms with van der Waals surface area (Å²) in [6.07, 6.45) is -3.51. The zero-order chi connectivity index (χ0) is 14.6. The average Bonchev–Trinajstić information content (AvgIpc) is 2.34. The molecule has 5 nitrogen and oxygen atoms in total. The maximum atomic E-state index is 12.3. The number of urea groups is 1. The lowest BCUT2D eigenvalue weighted by Gasteiger charge is -2.35. The Labute approximate surface area is 109 Å². The fourth-order valence-corrected chi connectivity index (χ4v) is 2.08. The Morgan fingerprint density at radius 3 is 2.53 bits per heavy atom. The molecule has 0 radical (unpaired) electrons. The number of piperidine rings is 1. The maximum Gasteiger partial charge on any atom is 0.406 e. The quantitative estimate of drug-likeness (QED) is 0.858. The first-order valence-electron chi connectivity index (χ1n) is 6.08. The fraction of sp³-hybridized carbons (Fsp3) is 0.818. The molecule has 0 saturated carbocycles. The normalized spacial score (nSPS) is 20.2. The predicted octanol–water partition coefficient (Wildman–Crippen LogP) is 1.79. The van der Waals surface area contributed by atoms with Crippen LogP contribution in [0, 0.1) is 5.92 Å². The van der Waals surface area contributed by atoms with Crippen LogP contribution in [-0.2, 0) is 4.79 Å². The van der Waals surface area contributed by atoms with Gasteiger partial charge in [-0.2, -0.15) is 13.2 Å². The summed E-state index contributed by atoms with van der Waals surface area (Å²) >= 11 is 0. The molecule has 0 aromatic carbocycles. The van der Waals surface area contributed by atoms with Gasteiger partial charge in [-0.1, -0.05) is 0 Å². The van der Waals surface area contributed by atoms with Gasteiger partial charge in [0.15, 0.2) is 0 Å². The second kappa shape index (κ2) is 6.12. The highest BCUT2D eigenvalue weighted by molar-refractivity contribution is 5.76. The number of carbonyl (C=O) groups is 2. The average molecular weight is 282 g/mol. The van der Waals surface area contributed by atoms with Crippen molar-refractivity contribution in [3.05, 3.63) is 0 Å². The molecule has 0 aromatic rings. The van der Waals surface area contributed by atoms with Crippen molar-refractivity contribution in [2.45, 2.75) is 25.9 Å². The largest absolute Gasteiger partial charge is 0.481 e. The molecule has 2 amide bonds. The Morgan fingerprint density at radius 2 is 2.05 bits per heavy atom. The van der Waals surface area contributed by atoms with Gasteiger partial charge in [0.25, 0.3) is 0 Å². The van der Waals surface area contributed by atoms with Crippen molar-refractivity contribution >= 4 is 12.0 Å². The lowest BCUT2D eigenvalue weighted by molar-refractivity contribution is -0.145. The van der Waals surface area contributed by atoms with Gasteiger partial charge in [0.05, 0.1) is 5.92 Å². The van der Waals surface area contributed by atoms with E-state index in [0.717, 1.165) is 0 Å². The van der Waals surface area contributed by atoms with Crippen LogP contribution in [0.3, 0.4) is 0 Å². The number of likely N-dealkylation sites (tertiary alicyclic amines) is 1. The molecular weight excluding hydrogens is 265 g/mol. The number of halogens is 3. The smallest absolute Gasteiger partial charge is 0.406 e. The highest BCUT2D eigenvalue weighted by Gasteiger charge is 2.36. The first-order chi connectivity index (χ1) is 8.74. The van der Waals surface area contributed by atoms with Crippen molar-refractivity contribution in [2.24, 2.45) is 5.92 Å². The van der Waals surface area contributed by atoms with Gasteiger partial charge < -0.3 is 14.9 Å². The molecule has 0 spiro atoms. The standard InChI is InChI=1S/C11H17F3N2O3/c1-2-15(7-11(12,13)14)10(19)16-5-3-4-8(6-16)9(17)18/h8H,2-7H2,1H3,(H,17,18). The highest BCUT2D eigenvalue weighted by Crippen LogP contribution is 2.21. The lowest BCUT2D eigenvalue weighted by Crippen LogP contribution is -2.50. The van der Waals surface area contributed by atoms with E-state index in [0.29, 0.717) is 24.3 Å². The van der Waals surface area contributed by atoms with Crippen molar-refractivity contribution in [1.82, 2.24) is 9.80 Å². The van der Waals surface area contributed by atoms with Crippen LogP contribution in [0.4, 0.5) is 18.0 Å². The minimum atomic E-state index is -4.45. The molecule has 110 valence electrons. The van der Waals surface area contributed by atoms with Gasteiger partial charge in [-0.15, -0.1) is 0 Å². The minimum Gasteiger partial charge on any atom is -0.481 e. The zero-order valence-corrected chi connectivity index (χ0v) is 10.6. The van der Waals surface area contributed by atoms with E-state index in [4.69, 9.17) is 5.11 Å². The molecule has 1 aliphatic heterocycles. The van der Waals surface area contributed by atoms with Gasteiger partial charge in [0, 0.05) is 19.6 Å². The minimum absolute atomic E-state index is 0.0253. The number of carboxylic acids is 1. The van der Waals surface area contributed by atoms with Crippen LogP contribution < -0.4 is 0 Å². The van der Waals surface area contributed by atoms with Gasteiger partial charge in [-0.3, -0.25) is 4.79 Å². The molecule has 1 unspecified atom stereocenters. The van der Waals surface area contributed by atoms with Crippen molar-refractivity contribution in [3.8, 4) is 0 Å². The topological polar surface area (TPSA) is 60.9 Å². The van der Waals surface area contributed by atoms with Crippen molar-refractivity contribution in [3.63, 3.8) is 0 Å². The van der Waals surface area contributed by atoms with Crippen LogP contribution in [-0.4, -0.2) is 59.3 Å². The third-order valence-corrected chi connectivity index (χ3v) is 3.06. The monoisotopic (exact) mass is 282 g/mol. The number of carbonyl (C=O) groups excluding carboxylic acids is 1. The summed E-state index contributed by atoms with van der Waals surface area (Å²) < 4.78 is 37.0. The van der Waals surface area contributed by atoms with Crippen molar-refractivity contribution < 1.29 is 27.9 Å². The molecule has 1 N–H and O–H groups in total. The van der Waals surface area contributed by atoms with E-state index < -0.39 is 30.6 Å². The van der Waals surface area contributed by atoms with Crippen LogP contribution in [0.1, 0.15) is 19.8 Å². The third-order valence-electron chi connectivity index (χ3n) is 3.06. The Morgan fingerprint density at radius 1 is 1.42 bits per heavy atom. The van der Waals surface area contributed by atoms with Gasteiger partial charge in [0.2, 0.25) is 0 Å². The van der Waals surface area contributed by atoms with E-state index in [9.17, 15) is 22.8 Å². The summed E-state index contributed by atoms with van der Waals surface area (Å²) in [5.41, 5.74) is 0. The van der Waals surface area contributed by atoms with E-state index in [1.807, 2.05) is 0 Å². The zero-order valence-electron chi connectivity index (χ0n) is 10.6. The number of aliphatic carboxylic acids is 1. The van der Waals surface area contributed by atoms with Crippen molar-refractivity contribution in [2.75, 3.05) is 26.2 Å². The molecule has 1 rings (SSSR count). The lowest BCUT2D eigenvalue weighted by atomic mass is 9.99. The molecule has 1 atom stereocenters. The third kappa shape index (κ3) is 4.60. The summed E-state index contributed by atoms with van der Waals surface area (Å²) in [5.74, 6) is -1.71.